The minimum Gasteiger partial charge on any atom is -0.304 e. The highest BCUT2D eigenvalue weighted by Crippen LogP contribution is 2.33. The number of carbonyl (C=O) groups excluding carboxylic acids is 2. The lowest BCUT2D eigenvalue weighted by molar-refractivity contribution is -0.114. The number of hydrogen-bond acceptors (Lipinski definition) is 2. The summed E-state index contributed by atoms with van der Waals surface area (Å²) in [6.07, 6.45) is 0. The zero-order chi connectivity index (χ0) is 13.4. The van der Waals surface area contributed by atoms with Crippen molar-refractivity contribution in [2.45, 2.75) is 13.8 Å². The maximum Gasteiger partial charge on any atom is 0.299 e. The van der Waals surface area contributed by atoms with Crippen molar-refractivity contribution >= 4 is 33.3 Å². The molecule has 0 spiro atoms. The number of halogens is 2. The van der Waals surface area contributed by atoms with Crippen molar-refractivity contribution in [1.82, 2.24) is 0 Å². The van der Waals surface area contributed by atoms with Crippen molar-refractivity contribution < 1.29 is 14.0 Å². The highest BCUT2D eigenvalue weighted by molar-refractivity contribution is 9.09. The van der Waals surface area contributed by atoms with Gasteiger partial charge in [-0.1, -0.05) is 22.9 Å². The Bertz CT molecular complexity index is 530. The molecule has 1 aliphatic rings. The molecule has 0 bridgehead atoms. The van der Waals surface area contributed by atoms with Crippen molar-refractivity contribution in [2.75, 3.05) is 16.8 Å². The molecule has 0 aliphatic carbocycles. The third kappa shape index (κ3) is 2.07. The Labute approximate surface area is 113 Å². The van der Waals surface area contributed by atoms with E-state index >= 15 is 0 Å². The summed E-state index contributed by atoms with van der Waals surface area (Å²) in [5.74, 6) is -1.44. The molecular formula is C13H13BrFNO2. The molecule has 1 atom stereocenters. The molecule has 1 unspecified atom stereocenters. The third-order valence-electron chi connectivity index (χ3n) is 2.98. The molecule has 18 heavy (non-hydrogen) atoms. The van der Waals surface area contributed by atoms with Crippen molar-refractivity contribution in [1.29, 1.82) is 0 Å². The Balaban J connectivity index is 2.48. The summed E-state index contributed by atoms with van der Waals surface area (Å²) in [7, 11) is 0. The molecule has 1 aromatic rings. The van der Waals surface area contributed by atoms with E-state index in [0.717, 1.165) is 11.4 Å². The number of alkyl halides is 1. The second kappa shape index (κ2) is 4.80. The van der Waals surface area contributed by atoms with E-state index in [-0.39, 0.29) is 11.5 Å². The number of Topliss-reactive ketones (excluding diaryl/α,β-unsaturated/α-hetero) is 1. The first-order valence-electron chi connectivity index (χ1n) is 5.68. The zero-order valence-electron chi connectivity index (χ0n) is 10.2. The average molecular weight is 314 g/mol. The molecule has 0 saturated carbocycles. The van der Waals surface area contributed by atoms with E-state index in [1.165, 1.54) is 11.0 Å². The fraction of sp³-hybridized carbons (Fsp3) is 0.385. The monoisotopic (exact) mass is 313 g/mol. The first kappa shape index (κ1) is 13.2. The lowest BCUT2D eigenvalue weighted by Crippen LogP contribution is -2.34. The van der Waals surface area contributed by atoms with E-state index in [1.54, 1.807) is 6.92 Å². The fourth-order valence-electron chi connectivity index (χ4n) is 2.14. The van der Waals surface area contributed by atoms with Gasteiger partial charge in [0.1, 0.15) is 5.82 Å². The highest BCUT2D eigenvalue weighted by atomic mass is 79.9. The minimum absolute atomic E-state index is 0.180. The van der Waals surface area contributed by atoms with Gasteiger partial charge in [-0.25, -0.2) is 4.39 Å². The third-order valence-corrected chi connectivity index (χ3v) is 4.08. The summed E-state index contributed by atoms with van der Waals surface area (Å²) in [6, 6.07) is 2.48. The van der Waals surface area contributed by atoms with Gasteiger partial charge in [0.05, 0.1) is 11.3 Å². The number of aryl methyl sites for hydroxylation is 1. The molecule has 0 N–H and O–H groups in total. The molecule has 0 fully saturated rings. The molecule has 5 heteroatoms. The van der Waals surface area contributed by atoms with E-state index < -0.39 is 17.5 Å². The van der Waals surface area contributed by atoms with Crippen LogP contribution in [0.3, 0.4) is 0 Å². The summed E-state index contributed by atoms with van der Waals surface area (Å²) in [4.78, 5) is 25.2. The van der Waals surface area contributed by atoms with Gasteiger partial charge in [-0.3, -0.25) is 9.59 Å². The van der Waals surface area contributed by atoms with Crippen molar-refractivity contribution in [2.24, 2.45) is 5.92 Å². The molecular weight excluding hydrogens is 301 g/mol. The van der Waals surface area contributed by atoms with Crippen molar-refractivity contribution in [3.63, 3.8) is 0 Å². The van der Waals surface area contributed by atoms with E-state index in [9.17, 15) is 14.0 Å². The molecule has 1 heterocycles. The number of ketones is 1. The Morgan fingerprint density at radius 3 is 2.67 bits per heavy atom. The maximum atomic E-state index is 13.3. The molecule has 0 radical (unpaired) electrons. The number of carbonyl (C=O) groups is 2. The average Bonchev–Trinajstić information content (AvgIpc) is 2.54. The van der Waals surface area contributed by atoms with Crippen LogP contribution in [0.2, 0.25) is 0 Å². The number of nitrogens with zero attached hydrogens (tertiary/aromatic N) is 1. The second-order valence-electron chi connectivity index (χ2n) is 4.62. The Morgan fingerprint density at radius 2 is 2.06 bits per heavy atom. The summed E-state index contributed by atoms with van der Waals surface area (Å²) >= 11 is 3.34. The van der Waals surface area contributed by atoms with Gasteiger partial charge >= 0.3 is 0 Å². The fourth-order valence-corrected chi connectivity index (χ4v) is 2.35. The van der Waals surface area contributed by atoms with E-state index in [1.807, 2.05) is 6.92 Å². The van der Waals surface area contributed by atoms with Gasteiger partial charge in [-0.2, -0.15) is 0 Å². The topological polar surface area (TPSA) is 37.4 Å². The molecule has 96 valence electrons. The first-order valence-corrected chi connectivity index (χ1v) is 6.80. The van der Waals surface area contributed by atoms with Crippen molar-refractivity contribution in [3.05, 3.63) is 29.1 Å². The molecule has 0 aromatic heterocycles. The lowest BCUT2D eigenvalue weighted by Gasteiger charge is -2.21. The van der Waals surface area contributed by atoms with Crippen LogP contribution in [0.4, 0.5) is 10.1 Å². The minimum atomic E-state index is -0.616. The van der Waals surface area contributed by atoms with Crippen molar-refractivity contribution in [3.8, 4) is 0 Å². The van der Waals surface area contributed by atoms with Crippen LogP contribution in [0.5, 0.6) is 0 Å². The lowest BCUT2D eigenvalue weighted by atomic mass is 10.1. The highest BCUT2D eigenvalue weighted by Gasteiger charge is 2.37. The van der Waals surface area contributed by atoms with Gasteiger partial charge in [0.2, 0.25) is 0 Å². The zero-order valence-corrected chi connectivity index (χ0v) is 11.8. The number of anilines is 1. The number of fused-ring (bicyclic) bond motifs is 1. The Morgan fingerprint density at radius 1 is 1.39 bits per heavy atom. The smallest absolute Gasteiger partial charge is 0.299 e. The predicted octanol–water partition coefficient (Wildman–Crippen LogP) is 2.69. The van der Waals surface area contributed by atoms with Gasteiger partial charge < -0.3 is 4.90 Å². The van der Waals surface area contributed by atoms with Gasteiger partial charge in [0, 0.05) is 11.9 Å². The molecule has 1 amide bonds. The van der Waals surface area contributed by atoms with E-state index in [4.69, 9.17) is 0 Å². The number of benzene rings is 1. The molecule has 1 aliphatic heterocycles. The number of rotatable bonds is 3. The maximum absolute atomic E-state index is 13.3. The number of hydrogen-bond donors (Lipinski definition) is 0. The predicted molar refractivity (Wildman–Crippen MR) is 70.8 cm³/mol. The van der Waals surface area contributed by atoms with Crippen LogP contribution >= 0.6 is 15.9 Å². The van der Waals surface area contributed by atoms with E-state index in [0.29, 0.717) is 17.8 Å². The van der Waals surface area contributed by atoms with Crippen LogP contribution in [-0.4, -0.2) is 23.6 Å². The molecule has 0 saturated heterocycles. The van der Waals surface area contributed by atoms with Crippen LogP contribution in [0.15, 0.2) is 12.1 Å². The second-order valence-corrected chi connectivity index (χ2v) is 5.27. The van der Waals surface area contributed by atoms with Crippen LogP contribution in [-0.2, 0) is 4.79 Å². The summed E-state index contributed by atoms with van der Waals surface area (Å²) in [5, 5.41) is 0.737. The largest absolute Gasteiger partial charge is 0.304 e. The van der Waals surface area contributed by atoms with E-state index in [2.05, 4.69) is 15.9 Å². The van der Waals surface area contributed by atoms with Gasteiger partial charge in [0.25, 0.3) is 11.7 Å². The van der Waals surface area contributed by atoms with Crippen LogP contribution in [0, 0.1) is 18.7 Å². The normalized spacial score (nSPS) is 16.1. The standard InChI is InChI=1S/C13H13BrFNO2/c1-7(5-14)6-16-11-8(2)3-9(15)4-10(11)12(17)13(16)18/h3-4,7H,5-6H2,1-2H3. The SMILES string of the molecule is Cc1cc(F)cc2c1N(CC(C)CBr)C(=O)C2=O. The van der Waals surface area contributed by atoms with Gasteiger partial charge in [-0.05, 0) is 30.5 Å². The summed E-state index contributed by atoms with van der Waals surface area (Å²) < 4.78 is 13.3. The van der Waals surface area contributed by atoms with Crippen LogP contribution < -0.4 is 4.90 Å². The number of amides is 1. The molecule has 3 nitrogen and oxygen atoms in total. The summed E-state index contributed by atoms with van der Waals surface area (Å²) in [6.45, 7) is 4.14. The Hall–Kier alpha value is -1.23. The van der Waals surface area contributed by atoms with Crippen LogP contribution in [0.1, 0.15) is 22.8 Å². The van der Waals surface area contributed by atoms with Gasteiger partial charge in [0.15, 0.2) is 0 Å². The molecule has 2 rings (SSSR count). The first-order chi connectivity index (χ1) is 8.45. The van der Waals surface area contributed by atoms with Gasteiger partial charge in [-0.15, -0.1) is 0 Å². The Kier molecular flexibility index (Phi) is 3.52. The summed E-state index contributed by atoms with van der Waals surface area (Å²) in [5.41, 5.74) is 1.35. The quantitative estimate of drug-likeness (QED) is 0.635. The molecule has 1 aromatic carbocycles. The van der Waals surface area contributed by atoms with Crippen LogP contribution in [0.25, 0.3) is 0 Å².